The molecule has 0 atom stereocenters. The number of aromatic nitrogens is 2. The van der Waals surface area contributed by atoms with Crippen molar-refractivity contribution in [2.24, 2.45) is 0 Å². The lowest BCUT2D eigenvalue weighted by atomic mass is 10.2. The van der Waals surface area contributed by atoms with Gasteiger partial charge in [-0.1, -0.05) is 12.1 Å². The van der Waals surface area contributed by atoms with Gasteiger partial charge in [0.1, 0.15) is 11.2 Å². The Morgan fingerprint density at radius 1 is 1.10 bits per heavy atom. The second kappa shape index (κ2) is 4.98. The van der Waals surface area contributed by atoms with Crippen LogP contribution in [0.1, 0.15) is 0 Å². The largest absolute Gasteiger partial charge is 0.497 e. The van der Waals surface area contributed by atoms with Crippen LogP contribution in [-0.4, -0.2) is 16.7 Å². The van der Waals surface area contributed by atoms with E-state index in [9.17, 15) is 0 Å². The molecule has 0 fully saturated rings. The van der Waals surface area contributed by atoms with Crippen molar-refractivity contribution in [2.75, 3.05) is 7.11 Å². The zero-order valence-corrected chi connectivity index (χ0v) is 11.6. The van der Waals surface area contributed by atoms with Crippen LogP contribution in [-0.2, 0) is 0 Å². The first-order chi connectivity index (χ1) is 9.70. The van der Waals surface area contributed by atoms with Crippen molar-refractivity contribution in [1.82, 2.24) is 9.55 Å². The summed E-state index contributed by atoms with van der Waals surface area (Å²) in [5.41, 5.74) is 1.80. The van der Waals surface area contributed by atoms with Crippen LogP contribution in [0.25, 0.3) is 16.6 Å². The Balaban J connectivity index is 2.27. The highest BCUT2D eigenvalue weighted by molar-refractivity contribution is 6.29. The van der Waals surface area contributed by atoms with Gasteiger partial charge in [-0.05, 0) is 48.0 Å². The van der Waals surface area contributed by atoms with Crippen LogP contribution in [0.2, 0.25) is 5.28 Å². The second-order valence-corrected chi connectivity index (χ2v) is 4.62. The molecule has 100 valence electrons. The maximum absolute atomic E-state index is 8.32. The number of halogens is 1. The standard InChI is InChI=1S/C15H12ClN3O/c1-20-11-8-6-10(7-9-11)19-14(17)12-4-2-3-5-13(12)18-15(19)16/h2-9,17H,1H3. The van der Waals surface area contributed by atoms with Crippen molar-refractivity contribution < 1.29 is 4.74 Å². The van der Waals surface area contributed by atoms with E-state index in [0.717, 1.165) is 16.8 Å². The number of methoxy groups -OCH3 is 1. The van der Waals surface area contributed by atoms with E-state index in [1.165, 1.54) is 0 Å². The molecule has 0 spiro atoms. The number of hydrogen-bond acceptors (Lipinski definition) is 3. The summed E-state index contributed by atoms with van der Waals surface area (Å²) in [4.78, 5) is 4.33. The maximum atomic E-state index is 8.32. The molecule has 3 rings (SSSR count). The molecule has 0 amide bonds. The van der Waals surface area contributed by atoms with Crippen LogP contribution in [0.4, 0.5) is 0 Å². The van der Waals surface area contributed by atoms with E-state index in [-0.39, 0.29) is 5.28 Å². The first-order valence-electron chi connectivity index (χ1n) is 6.07. The van der Waals surface area contributed by atoms with Gasteiger partial charge < -0.3 is 4.74 Å². The Labute approximate surface area is 120 Å². The van der Waals surface area contributed by atoms with E-state index >= 15 is 0 Å². The predicted molar refractivity (Wildman–Crippen MR) is 78.5 cm³/mol. The van der Waals surface area contributed by atoms with E-state index in [1.54, 1.807) is 11.7 Å². The Kier molecular flexibility index (Phi) is 3.16. The van der Waals surface area contributed by atoms with Gasteiger partial charge in [0.2, 0.25) is 5.28 Å². The minimum atomic E-state index is 0.263. The Morgan fingerprint density at radius 3 is 2.50 bits per heavy atom. The molecule has 3 aromatic rings. The molecule has 0 saturated carbocycles. The van der Waals surface area contributed by atoms with Crippen molar-refractivity contribution in [3.63, 3.8) is 0 Å². The van der Waals surface area contributed by atoms with Crippen LogP contribution in [0.3, 0.4) is 0 Å². The first-order valence-corrected chi connectivity index (χ1v) is 6.45. The average molecular weight is 286 g/mol. The molecule has 0 aliphatic heterocycles. The van der Waals surface area contributed by atoms with Gasteiger partial charge in [-0.15, -0.1) is 0 Å². The van der Waals surface area contributed by atoms with E-state index in [2.05, 4.69) is 4.98 Å². The number of nitrogens with one attached hydrogen (secondary N) is 1. The smallest absolute Gasteiger partial charge is 0.209 e. The molecule has 0 saturated heterocycles. The zero-order chi connectivity index (χ0) is 14.1. The average Bonchev–Trinajstić information content (AvgIpc) is 2.48. The minimum absolute atomic E-state index is 0.263. The molecular formula is C15H12ClN3O. The van der Waals surface area contributed by atoms with Crippen LogP contribution in [0, 0.1) is 5.41 Å². The number of benzene rings is 2. The van der Waals surface area contributed by atoms with E-state index in [4.69, 9.17) is 21.7 Å². The lowest BCUT2D eigenvalue weighted by Crippen LogP contribution is -2.20. The third kappa shape index (κ3) is 2.04. The summed E-state index contributed by atoms with van der Waals surface area (Å²) in [6.07, 6.45) is 0. The Hall–Kier alpha value is -2.33. The fraction of sp³-hybridized carbons (Fsp3) is 0.0667. The Morgan fingerprint density at radius 2 is 1.80 bits per heavy atom. The predicted octanol–water partition coefficient (Wildman–Crippen LogP) is 3.17. The first kappa shape index (κ1) is 12.7. The van der Waals surface area contributed by atoms with Crippen molar-refractivity contribution in [3.8, 4) is 11.4 Å². The molecule has 1 aromatic heterocycles. The Bertz CT molecular complexity index is 825. The highest BCUT2D eigenvalue weighted by Crippen LogP contribution is 2.18. The summed E-state index contributed by atoms with van der Waals surface area (Å²) in [5.74, 6) is 0.755. The molecule has 5 heteroatoms. The minimum Gasteiger partial charge on any atom is -0.497 e. The third-order valence-electron chi connectivity index (χ3n) is 3.11. The van der Waals surface area contributed by atoms with E-state index in [1.807, 2.05) is 48.5 Å². The van der Waals surface area contributed by atoms with Crippen LogP contribution in [0.5, 0.6) is 5.75 Å². The molecule has 0 unspecified atom stereocenters. The molecule has 0 aliphatic carbocycles. The maximum Gasteiger partial charge on any atom is 0.209 e. The summed E-state index contributed by atoms with van der Waals surface area (Å²) >= 11 is 6.22. The van der Waals surface area contributed by atoms with Gasteiger partial charge in [0.05, 0.1) is 18.3 Å². The number of hydrogen-bond donors (Lipinski definition) is 1. The lowest BCUT2D eigenvalue weighted by molar-refractivity contribution is 0.414. The van der Waals surface area contributed by atoms with Crippen LogP contribution in [0.15, 0.2) is 48.5 Å². The SMILES string of the molecule is COc1ccc(-n2c(Cl)nc3ccccc3c2=N)cc1. The zero-order valence-electron chi connectivity index (χ0n) is 10.8. The summed E-state index contributed by atoms with van der Waals surface area (Å²) in [5, 5.41) is 9.34. The van der Waals surface area contributed by atoms with E-state index < -0.39 is 0 Å². The van der Waals surface area contributed by atoms with E-state index in [0.29, 0.717) is 11.0 Å². The van der Waals surface area contributed by atoms with Gasteiger partial charge in [-0.2, -0.15) is 0 Å². The summed E-state index contributed by atoms with van der Waals surface area (Å²) in [6, 6.07) is 14.8. The lowest BCUT2D eigenvalue weighted by Gasteiger charge is -2.11. The summed E-state index contributed by atoms with van der Waals surface area (Å²) < 4.78 is 6.73. The second-order valence-electron chi connectivity index (χ2n) is 4.28. The topological polar surface area (TPSA) is 50.9 Å². The van der Waals surface area contributed by atoms with Crippen molar-refractivity contribution in [3.05, 3.63) is 59.3 Å². The van der Waals surface area contributed by atoms with Gasteiger partial charge in [-0.3, -0.25) is 9.98 Å². The summed E-state index contributed by atoms with van der Waals surface area (Å²) in [6.45, 7) is 0. The molecule has 4 nitrogen and oxygen atoms in total. The highest BCUT2D eigenvalue weighted by Gasteiger charge is 2.08. The summed E-state index contributed by atoms with van der Waals surface area (Å²) in [7, 11) is 1.61. The van der Waals surface area contributed by atoms with Crippen molar-refractivity contribution in [2.45, 2.75) is 0 Å². The molecule has 0 radical (unpaired) electrons. The van der Waals surface area contributed by atoms with Crippen molar-refractivity contribution in [1.29, 1.82) is 5.41 Å². The number of ether oxygens (including phenoxy) is 1. The molecular weight excluding hydrogens is 274 g/mol. The van der Waals surface area contributed by atoms with Crippen LogP contribution >= 0.6 is 11.6 Å². The van der Waals surface area contributed by atoms with Gasteiger partial charge in [0, 0.05) is 5.39 Å². The molecule has 1 N–H and O–H groups in total. The van der Waals surface area contributed by atoms with Gasteiger partial charge >= 0.3 is 0 Å². The number of fused-ring (bicyclic) bond motifs is 1. The molecule has 0 bridgehead atoms. The number of nitrogens with zero attached hydrogens (tertiary/aromatic N) is 2. The number of rotatable bonds is 2. The van der Waals surface area contributed by atoms with Crippen LogP contribution < -0.4 is 10.2 Å². The normalized spacial score (nSPS) is 10.7. The fourth-order valence-electron chi connectivity index (χ4n) is 2.10. The van der Waals surface area contributed by atoms with Gasteiger partial charge in [0.15, 0.2) is 0 Å². The third-order valence-corrected chi connectivity index (χ3v) is 3.36. The fourth-order valence-corrected chi connectivity index (χ4v) is 2.37. The van der Waals surface area contributed by atoms with Gasteiger partial charge in [0.25, 0.3) is 0 Å². The monoisotopic (exact) mass is 285 g/mol. The number of para-hydroxylation sites is 1. The quantitative estimate of drug-likeness (QED) is 0.735. The molecule has 0 aliphatic rings. The van der Waals surface area contributed by atoms with Crippen molar-refractivity contribution >= 4 is 22.5 Å². The molecule has 20 heavy (non-hydrogen) atoms. The molecule has 2 aromatic carbocycles. The molecule has 1 heterocycles. The highest BCUT2D eigenvalue weighted by atomic mass is 35.5. The van der Waals surface area contributed by atoms with Gasteiger partial charge in [-0.25, -0.2) is 4.98 Å².